The summed E-state index contributed by atoms with van der Waals surface area (Å²) in [6.45, 7) is 1.67. The number of hydrogen-bond acceptors (Lipinski definition) is 4. The first-order chi connectivity index (χ1) is 11.7. The predicted octanol–water partition coefficient (Wildman–Crippen LogP) is 3.33. The van der Waals surface area contributed by atoms with Gasteiger partial charge in [0, 0.05) is 42.2 Å². The molecule has 0 atom stereocenters. The number of carbonyl (C=O) groups excluding carboxylic acids is 1. The summed E-state index contributed by atoms with van der Waals surface area (Å²) in [6, 6.07) is 7.85. The van der Waals surface area contributed by atoms with Crippen LogP contribution in [-0.4, -0.2) is 44.9 Å². The second kappa shape index (κ2) is 13.0. The second-order valence-corrected chi connectivity index (χ2v) is 6.72. The van der Waals surface area contributed by atoms with Crippen molar-refractivity contribution in [3.63, 3.8) is 0 Å². The minimum atomic E-state index is -0.140. The molecule has 0 spiro atoms. The number of esters is 1. The van der Waals surface area contributed by atoms with Crippen molar-refractivity contribution in [2.24, 2.45) is 4.99 Å². The molecule has 0 aliphatic heterocycles. The monoisotopic (exact) mass is 371 g/mol. The van der Waals surface area contributed by atoms with Gasteiger partial charge in [-0.15, -0.1) is 11.8 Å². The molecular formula is C17H26ClN3O2S. The molecule has 0 radical (unpaired) electrons. The van der Waals surface area contributed by atoms with Gasteiger partial charge in [-0.1, -0.05) is 18.0 Å². The van der Waals surface area contributed by atoms with Crippen molar-refractivity contribution < 1.29 is 9.53 Å². The smallest absolute Gasteiger partial charge is 0.305 e. The number of methoxy groups -OCH3 is 1. The number of ether oxygens (including phenoxy) is 1. The molecule has 0 unspecified atom stereocenters. The van der Waals surface area contributed by atoms with Crippen LogP contribution < -0.4 is 10.6 Å². The quantitative estimate of drug-likeness (QED) is 0.217. The molecule has 0 aliphatic carbocycles. The van der Waals surface area contributed by atoms with Crippen molar-refractivity contribution >= 4 is 35.3 Å². The molecule has 0 heterocycles. The first-order valence-corrected chi connectivity index (χ1v) is 9.41. The molecule has 0 saturated heterocycles. The number of unbranched alkanes of at least 4 members (excludes halogenated alkanes) is 2. The summed E-state index contributed by atoms with van der Waals surface area (Å²) >= 11 is 7.64. The van der Waals surface area contributed by atoms with Crippen LogP contribution in [0, 0.1) is 0 Å². The number of halogens is 1. The van der Waals surface area contributed by atoms with Crippen LogP contribution in [0.4, 0.5) is 0 Å². The van der Waals surface area contributed by atoms with Crippen molar-refractivity contribution in [2.75, 3.05) is 33.0 Å². The molecule has 0 amide bonds. The number of nitrogens with zero attached hydrogens (tertiary/aromatic N) is 1. The summed E-state index contributed by atoms with van der Waals surface area (Å²) in [5.41, 5.74) is 0. The third kappa shape index (κ3) is 9.67. The molecule has 2 N–H and O–H groups in total. The SMILES string of the molecule is CN=C(NCCCCCC(=O)OC)NCCSc1ccc(Cl)cc1. The number of rotatable bonds is 10. The molecule has 0 saturated carbocycles. The Labute approximate surface area is 153 Å². The van der Waals surface area contributed by atoms with E-state index in [1.165, 1.54) is 12.0 Å². The largest absolute Gasteiger partial charge is 0.469 e. The molecule has 0 fully saturated rings. The number of carbonyl (C=O) groups is 1. The highest BCUT2D eigenvalue weighted by atomic mass is 35.5. The number of benzene rings is 1. The van der Waals surface area contributed by atoms with E-state index >= 15 is 0 Å². The van der Waals surface area contributed by atoms with E-state index in [0.29, 0.717) is 6.42 Å². The average Bonchev–Trinajstić information content (AvgIpc) is 2.60. The van der Waals surface area contributed by atoms with Gasteiger partial charge in [0.05, 0.1) is 7.11 Å². The maximum atomic E-state index is 11.0. The Hall–Kier alpha value is -1.40. The molecule has 7 heteroatoms. The van der Waals surface area contributed by atoms with Crippen molar-refractivity contribution in [3.8, 4) is 0 Å². The predicted molar refractivity (Wildman–Crippen MR) is 102 cm³/mol. The van der Waals surface area contributed by atoms with Gasteiger partial charge in [0.15, 0.2) is 5.96 Å². The molecule has 1 aromatic carbocycles. The first kappa shape index (κ1) is 20.6. The van der Waals surface area contributed by atoms with Gasteiger partial charge in [-0.2, -0.15) is 0 Å². The van der Waals surface area contributed by atoms with E-state index in [9.17, 15) is 4.79 Å². The minimum absolute atomic E-state index is 0.140. The van der Waals surface area contributed by atoms with Gasteiger partial charge >= 0.3 is 5.97 Å². The van der Waals surface area contributed by atoms with E-state index in [1.807, 2.05) is 24.3 Å². The van der Waals surface area contributed by atoms with Crippen LogP contribution in [0.3, 0.4) is 0 Å². The molecule has 0 bridgehead atoms. The normalized spacial score (nSPS) is 11.2. The van der Waals surface area contributed by atoms with Crippen molar-refractivity contribution in [1.29, 1.82) is 0 Å². The standard InChI is InChI=1S/C17H26ClN3O2S/c1-19-17(20-11-5-3-4-6-16(22)23-2)21-12-13-24-15-9-7-14(18)8-10-15/h7-10H,3-6,11-13H2,1-2H3,(H2,19,20,21). The fraction of sp³-hybridized carbons (Fsp3) is 0.529. The maximum Gasteiger partial charge on any atom is 0.305 e. The van der Waals surface area contributed by atoms with Gasteiger partial charge in [0.1, 0.15) is 0 Å². The summed E-state index contributed by atoms with van der Waals surface area (Å²) in [5, 5.41) is 7.32. The van der Waals surface area contributed by atoms with E-state index < -0.39 is 0 Å². The second-order valence-electron chi connectivity index (χ2n) is 5.11. The van der Waals surface area contributed by atoms with Crippen molar-refractivity contribution in [1.82, 2.24) is 10.6 Å². The Bertz CT molecular complexity index is 509. The zero-order valence-electron chi connectivity index (χ0n) is 14.3. The molecule has 0 aliphatic rings. The maximum absolute atomic E-state index is 11.0. The van der Waals surface area contributed by atoms with E-state index in [0.717, 1.165) is 49.1 Å². The fourth-order valence-electron chi connectivity index (χ4n) is 1.97. The van der Waals surface area contributed by atoms with Crippen LogP contribution in [0.15, 0.2) is 34.2 Å². The lowest BCUT2D eigenvalue weighted by molar-refractivity contribution is -0.140. The van der Waals surface area contributed by atoms with Crippen LogP contribution in [-0.2, 0) is 9.53 Å². The summed E-state index contributed by atoms with van der Waals surface area (Å²) in [7, 11) is 3.18. The Morgan fingerprint density at radius 1 is 1.17 bits per heavy atom. The summed E-state index contributed by atoms with van der Waals surface area (Å²) < 4.78 is 4.61. The van der Waals surface area contributed by atoms with E-state index in [-0.39, 0.29) is 5.97 Å². The van der Waals surface area contributed by atoms with Crippen LogP contribution in [0.25, 0.3) is 0 Å². The van der Waals surface area contributed by atoms with Gasteiger partial charge in [-0.25, -0.2) is 0 Å². The Morgan fingerprint density at radius 2 is 1.88 bits per heavy atom. The highest BCUT2D eigenvalue weighted by Gasteiger charge is 2.00. The highest BCUT2D eigenvalue weighted by Crippen LogP contribution is 2.19. The fourth-order valence-corrected chi connectivity index (χ4v) is 2.86. The molecule has 24 heavy (non-hydrogen) atoms. The third-order valence-electron chi connectivity index (χ3n) is 3.28. The van der Waals surface area contributed by atoms with Gasteiger partial charge in [-0.05, 0) is 37.1 Å². The molecule has 1 rings (SSSR count). The van der Waals surface area contributed by atoms with E-state index in [2.05, 4.69) is 20.4 Å². The summed E-state index contributed by atoms with van der Waals surface area (Å²) in [4.78, 5) is 16.4. The Morgan fingerprint density at radius 3 is 2.54 bits per heavy atom. The summed E-state index contributed by atoms with van der Waals surface area (Å²) in [6.07, 6.45) is 3.34. The Balaban J connectivity index is 2.06. The van der Waals surface area contributed by atoms with Crippen LogP contribution in [0.1, 0.15) is 25.7 Å². The van der Waals surface area contributed by atoms with Gasteiger partial charge in [-0.3, -0.25) is 9.79 Å². The molecular weight excluding hydrogens is 346 g/mol. The highest BCUT2D eigenvalue weighted by molar-refractivity contribution is 7.99. The van der Waals surface area contributed by atoms with E-state index in [1.54, 1.807) is 18.8 Å². The van der Waals surface area contributed by atoms with Crippen LogP contribution in [0.5, 0.6) is 0 Å². The third-order valence-corrected chi connectivity index (χ3v) is 4.54. The molecule has 134 valence electrons. The molecule has 1 aromatic rings. The van der Waals surface area contributed by atoms with Crippen molar-refractivity contribution in [3.05, 3.63) is 29.3 Å². The topological polar surface area (TPSA) is 62.7 Å². The Kier molecular flexibility index (Phi) is 11.1. The minimum Gasteiger partial charge on any atom is -0.469 e. The van der Waals surface area contributed by atoms with Crippen LogP contribution in [0.2, 0.25) is 5.02 Å². The number of guanidine groups is 1. The number of thioether (sulfide) groups is 1. The van der Waals surface area contributed by atoms with Gasteiger partial charge in [0.25, 0.3) is 0 Å². The zero-order valence-corrected chi connectivity index (χ0v) is 15.9. The van der Waals surface area contributed by atoms with E-state index in [4.69, 9.17) is 11.6 Å². The van der Waals surface area contributed by atoms with Gasteiger partial charge in [0.2, 0.25) is 0 Å². The zero-order chi connectivity index (χ0) is 17.6. The average molecular weight is 372 g/mol. The number of hydrogen-bond donors (Lipinski definition) is 2. The first-order valence-electron chi connectivity index (χ1n) is 8.05. The lowest BCUT2D eigenvalue weighted by Crippen LogP contribution is -2.38. The molecule has 0 aromatic heterocycles. The lowest BCUT2D eigenvalue weighted by atomic mass is 10.2. The lowest BCUT2D eigenvalue weighted by Gasteiger charge is -2.11. The summed E-state index contributed by atoms with van der Waals surface area (Å²) in [5.74, 6) is 1.61. The van der Waals surface area contributed by atoms with Crippen molar-refractivity contribution in [2.45, 2.75) is 30.6 Å². The van der Waals surface area contributed by atoms with Gasteiger partial charge < -0.3 is 15.4 Å². The van der Waals surface area contributed by atoms with Crippen LogP contribution >= 0.6 is 23.4 Å². The number of nitrogens with one attached hydrogen (secondary N) is 2. The molecule has 5 nitrogen and oxygen atoms in total. The number of aliphatic imine (C=N–C) groups is 1.